The maximum atomic E-state index is 13.6. The lowest BCUT2D eigenvalue weighted by Gasteiger charge is -2.16. The van der Waals surface area contributed by atoms with Gasteiger partial charge < -0.3 is 15.3 Å². The Balaban J connectivity index is 1.80. The van der Waals surface area contributed by atoms with Gasteiger partial charge in [0.05, 0.1) is 16.8 Å². The molecule has 1 aliphatic heterocycles. The summed E-state index contributed by atoms with van der Waals surface area (Å²) in [5, 5.41) is 11.8. The first-order valence-electron chi connectivity index (χ1n) is 7.64. The van der Waals surface area contributed by atoms with E-state index in [0.29, 0.717) is 22.9 Å². The van der Waals surface area contributed by atoms with E-state index in [0.717, 1.165) is 0 Å². The molecule has 0 radical (unpaired) electrons. The summed E-state index contributed by atoms with van der Waals surface area (Å²) >= 11 is 4.36. The highest BCUT2D eigenvalue weighted by atomic mass is 79.9. The Labute approximate surface area is 169 Å². The molecule has 0 saturated carbocycles. The van der Waals surface area contributed by atoms with E-state index in [1.165, 1.54) is 34.9 Å². The van der Waals surface area contributed by atoms with E-state index in [9.17, 15) is 14.0 Å². The minimum atomic E-state index is -0.847. The number of primary amides is 1. The van der Waals surface area contributed by atoms with Crippen LogP contribution in [0, 0.1) is 5.82 Å². The van der Waals surface area contributed by atoms with Crippen LogP contribution in [0.25, 0.3) is 0 Å². The van der Waals surface area contributed by atoms with Crippen LogP contribution in [-0.4, -0.2) is 40.5 Å². The van der Waals surface area contributed by atoms with Gasteiger partial charge in [0.15, 0.2) is 16.7 Å². The molecule has 10 nitrogen and oxygen atoms in total. The van der Waals surface area contributed by atoms with Crippen molar-refractivity contribution < 1.29 is 28.2 Å². The molecule has 146 valence electrons. The number of hydrogen-bond donors (Lipinski definition) is 1. The zero-order chi connectivity index (χ0) is 20.1. The van der Waals surface area contributed by atoms with Crippen molar-refractivity contribution in [3.05, 3.63) is 40.1 Å². The molecule has 0 bridgehead atoms. The van der Waals surface area contributed by atoms with Crippen molar-refractivity contribution in [3.63, 3.8) is 0 Å². The van der Waals surface area contributed by atoms with E-state index < -0.39 is 11.9 Å². The van der Waals surface area contributed by atoms with Crippen LogP contribution in [0.1, 0.15) is 12.1 Å². The number of amides is 1. The highest BCUT2D eigenvalue weighted by Crippen LogP contribution is 2.32. The molecule has 2 N–H and O–H groups in total. The summed E-state index contributed by atoms with van der Waals surface area (Å²) in [6.07, 6.45) is -0.336. The fourth-order valence-corrected chi connectivity index (χ4v) is 3.33. The number of hydrogen-bond acceptors (Lipinski definition) is 10. The van der Waals surface area contributed by atoms with Crippen LogP contribution in [-0.2, 0) is 14.4 Å². The van der Waals surface area contributed by atoms with Gasteiger partial charge in [-0.3, -0.25) is 0 Å². The van der Waals surface area contributed by atoms with E-state index in [2.05, 4.69) is 36.1 Å². The number of nitrogens with zero attached hydrogens (tertiary/aromatic N) is 4. The number of nitrogens with two attached hydrogens (primary N) is 1. The molecule has 28 heavy (non-hydrogen) atoms. The Kier molecular flexibility index (Phi) is 6.29. The number of carbonyl (C=O) groups is 1. The van der Waals surface area contributed by atoms with Gasteiger partial charge in [-0.05, 0) is 50.9 Å². The van der Waals surface area contributed by atoms with Crippen LogP contribution in [0.15, 0.2) is 43.4 Å². The van der Waals surface area contributed by atoms with Gasteiger partial charge in [0.25, 0.3) is 0 Å². The van der Waals surface area contributed by atoms with E-state index in [1.807, 2.05) is 0 Å². The Morgan fingerprint density at radius 1 is 1.43 bits per heavy atom. The molecule has 2 aromatic rings. The predicted molar refractivity (Wildman–Crippen MR) is 98.6 cm³/mol. The topological polar surface area (TPSA) is 133 Å². The van der Waals surface area contributed by atoms with Crippen LogP contribution in [0.4, 0.5) is 14.9 Å². The zero-order valence-corrected chi connectivity index (χ0v) is 16.3. The maximum absolute atomic E-state index is 13.6. The number of amidine groups is 1. The third kappa shape index (κ3) is 4.32. The lowest BCUT2D eigenvalue weighted by atomic mass is 10.2. The van der Waals surface area contributed by atoms with E-state index in [-0.39, 0.29) is 28.5 Å². The standard InChI is InChI=1S/C15H11BrFN5O5S/c16-9-6-8(2-3-10(9)17)22-11(7-23)26-20-13(22)12-14(21-27-19-12)28-5-1-4-25-15(18)24/h2-3,6H,1,4-5H2,(H2,18,24). The summed E-state index contributed by atoms with van der Waals surface area (Å²) in [6.45, 7) is 0.154. The predicted octanol–water partition coefficient (Wildman–Crippen LogP) is 2.42. The summed E-state index contributed by atoms with van der Waals surface area (Å²) in [7, 11) is 0. The van der Waals surface area contributed by atoms with Crippen LogP contribution in [0.5, 0.6) is 0 Å². The van der Waals surface area contributed by atoms with Crippen LogP contribution >= 0.6 is 27.7 Å². The molecule has 0 spiro atoms. The van der Waals surface area contributed by atoms with Gasteiger partial charge in [-0.1, -0.05) is 5.16 Å². The Bertz CT molecular complexity index is 977. The summed E-state index contributed by atoms with van der Waals surface area (Å²) in [5.74, 6) is 1.54. The van der Waals surface area contributed by atoms with E-state index in [4.69, 9.17) is 15.2 Å². The third-order valence-electron chi connectivity index (χ3n) is 3.32. The van der Waals surface area contributed by atoms with Gasteiger partial charge in [-0.2, -0.15) is 0 Å². The van der Waals surface area contributed by atoms with Crippen molar-refractivity contribution in [3.8, 4) is 0 Å². The number of aromatic nitrogens is 2. The smallest absolute Gasteiger partial charge is 0.404 e. The molecule has 0 unspecified atom stereocenters. The summed E-state index contributed by atoms with van der Waals surface area (Å²) in [6, 6.07) is 4.09. The number of anilines is 1. The average molecular weight is 472 g/mol. The number of thioether (sulfide) groups is 1. The molecular weight excluding hydrogens is 461 g/mol. The fourth-order valence-electron chi connectivity index (χ4n) is 2.15. The van der Waals surface area contributed by atoms with Crippen molar-refractivity contribution in [1.82, 2.24) is 10.3 Å². The minimum Gasteiger partial charge on any atom is -0.450 e. The molecule has 1 aromatic heterocycles. The zero-order valence-electron chi connectivity index (χ0n) is 13.9. The molecule has 2 heterocycles. The van der Waals surface area contributed by atoms with Gasteiger partial charge in [-0.15, -0.1) is 11.8 Å². The maximum Gasteiger partial charge on any atom is 0.404 e. The van der Waals surface area contributed by atoms with Crippen LogP contribution in [0.2, 0.25) is 0 Å². The molecule has 0 aliphatic carbocycles. The summed E-state index contributed by atoms with van der Waals surface area (Å²) in [5.41, 5.74) is 5.49. The first-order valence-corrected chi connectivity index (χ1v) is 9.42. The van der Waals surface area contributed by atoms with Crippen LogP contribution < -0.4 is 10.6 Å². The van der Waals surface area contributed by atoms with Gasteiger partial charge in [0.2, 0.25) is 5.84 Å². The van der Waals surface area contributed by atoms with E-state index in [1.54, 1.807) is 5.94 Å². The molecule has 0 atom stereocenters. The van der Waals surface area contributed by atoms with Crippen molar-refractivity contribution in [2.24, 2.45) is 10.9 Å². The number of rotatable bonds is 7. The summed E-state index contributed by atoms with van der Waals surface area (Å²) < 4.78 is 23.2. The van der Waals surface area contributed by atoms with Crippen LogP contribution in [0.3, 0.4) is 0 Å². The van der Waals surface area contributed by atoms with Crippen molar-refractivity contribution in [2.45, 2.75) is 11.4 Å². The molecule has 3 rings (SSSR count). The largest absolute Gasteiger partial charge is 0.450 e. The second-order valence-electron chi connectivity index (χ2n) is 5.13. The molecule has 0 fully saturated rings. The Hall–Kier alpha value is -2.89. The fraction of sp³-hybridized carbons (Fsp3) is 0.200. The minimum absolute atomic E-state index is 0.119. The molecule has 1 aromatic carbocycles. The van der Waals surface area contributed by atoms with Gasteiger partial charge >= 0.3 is 12.0 Å². The molecular formula is C15H11BrFN5O5S. The van der Waals surface area contributed by atoms with Crippen molar-refractivity contribution >= 4 is 51.2 Å². The molecule has 13 heteroatoms. The number of benzene rings is 1. The van der Waals surface area contributed by atoms with Gasteiger partial charge in [-0.25, -0.2) is 23.5 Å². The number of halogens is 2. The molecule has 1 amide bonds. The second-order valence-corrected chi connectivity index (χ2v) is 7.07. The summed E-state index contributed by atoms with van der Waals surface area (Å²) in [4.78, 5) is 28.1. The lowest BCUT2D eigenvalue weighted by molar-refractivity contribution is 0.157. The normalized spacial score (nSPS) is 13.1. The van der Waals surface area contributed by atoms with Gasteiger partial charge in [0, 0.05) is 5.75 Å². The number of carbonyl (C=O) groups excluding carboxylic acids is 2. The Morgan fingerprint density at radius 2 is 2.25 bits per heavy atom. The third-order valence-corrected chi connectivity index (χ3v) is 4.97. The number of ether oxygens (including phenoxy) is 1. The molecule has 1 aliphatic rings. The molecule has 0 saturated heterocycles. The SMILES string of the molecule is NC(=O)OCCCSc1nonc1C1=NOC(=C=O)N1c1ccc(F)c(Br)c1. The average Bonchev–Trinajstić information content (AvgIpc) is 3.29. The van der Waals surface area contributed by atoms with Crippen molar-refractivity contribution in [1.29, 1.82) is 0 Å². The quantitative estimate of drug-likeness (QED) is 0.366. The highest BCUT2D eigenvalue weighted by molar-refractivity contribution is 9.10. The lowest BCUT2D eigenvalue weighted by Crippen LogP contribution is -2.27. The van der Waals surface area contributed by atoms with Gasteiger partial charge in [0.1, 0.15) is 5.82 Å². The first kappa shape index (κ1) is 19.9. The monoisotopic (exact) mass is 471 g/mol. The highest BCUT2D eigenvalue weighted by Gasteiger charge is 2.34. The number of oxime groups is 1. The second kappa shape index (κ2) is 8.87. The van der Waals surface area contributed by atoms with E-state index >= 15 is 0 Å². The Morgan fingerprint density at radius 3 is 2.96 bits per heavy atom. The first-order chi connectivity index (χ1) is 13.5. The van der Waals surface area contributed by atoms with Crippen molar-refractivity contribution in [2.75, 3.05) is 17.3 Å².